The first kappa shape index (κ1) is 12.6. The van der Waals surface area contributed by atoms with Crippen molar-refractivity contribution in [3.8, 4) is 0 Å². The second kappa shape index (κ2) is 5.21. The highest BCUT2D eigenvalue weighted by Gasteiger charge is 2.26. The van der Waals surface area contributed by atoms with E-state index in [0.29, 0.717) is 11.5 Å². The summed E-state index contributed by atoms with van der Waals surface area (Å²) < 4.78 is 2.21. The van der Waals surface area contributed by atoms with Crippen molar-refractivity contribution in [2.45, 2.75) is 65.6 Å². The molecule has 1 saturated carbocycles. The van der Waals surface area contributed by atoms with Gasteiger partial charge in [0.1, 0.15) is 5.82 Å². The first-order valence-electron chi connectivity index (χ1n) is 6.84. The Morgan fingerprint density at radius 3 is 2.76 bits per heavy atom. The zero-order chi connectivity index (χ0) is 12.3. The van der Waals surface area contributed by atoms with Crippen LogP contribution in [0.5, 0.6) is 0 Å². The molecule has 2 rings (SSSR count). The molecule has 0 aromatic carbocycles. The number of nitrogens with one attached hydrogen (secondary N) is 1. The van der Waals surface area contributed by atoms with Crippen LogP contribution in [0.1, 0.15) is 52.3 Å². The zero-order valence-corrected chi connectivity index (χ0v) is 11.4. The molecule has 0 saturated heterocycles. The lowest BCUT2D eigenvalue weighted by Gasteiger charge is -2.34. The Morgan fingerprint density at radius 2 is 2.12 bits per heavy atom. The Labute approximate surface area is 105 Å². The van der Waals surface area contributed by atoms with E-state index in [-0.39, 0.29) is 0 Å². The summed E-state index contributed by atoms with van der Waals surface area (Å²) in [5.41, 5.74) is 0.556. The molecule has 0 amide bonds. The smallest absolute Gasteiger partial charge is 0.122 e. The standard InChI is InChI=1S/C14H25N3/c1-4-17-10-9-15-13(17)11-16-12-5-7-14(2,3)8-6-12/h9-10,12,16H,4-8,11H2,1-3H3. The average molecular weight is 235 g/mol. The van der Waals surface area contributed by atoms with Crippen LogP contribution < -0.4 is 5.32 Å². The Hall–Kier alpha value is -0.830. The third kappa shape index (κ3) is 3.32. The summed E-state index contributed by atoms with van der Waals surface area (Å²) in [6.45, 7) is 8.84. The molecule has 0 atom stereocenters. The van der Waals surface area contributed by atoms with Crippen molar-refractivity contribution in [2.75, 3.05) is 0 Å². The van der Waals surface area contributed by atoms with E-state index in [0.717, 1.165) is 18.9 Å². The summed E-state index contributed by atoms with van der Waals surface area (Å²) in [6, 6.07) is 0.685. The lowest BCUT2D eigenvalue weighted by molar-refractivity contribution is 0.205. The summed E-state index contributed by atoms with van der Waals surface area (Å²) in [4.78, 5) is 4.40. The van der Waals surface area contributed by atoms with Gasteiger partial charge in [-0.05, 0) is 38.0 Å². The highest BCUT2D eigenvalue weighted by Crippen LogP contribution is 2.34. The molecule has 1 aliphatic carbocycles. The van der Waals surface area contributed by atoms with Crippen molar-refractivity contribution in [2.24, 2.45) is 5.41 Å². The van der Waals surface area contributed by atoms with Gasteiger partial charge in [0.05, 0.1) is 6.54 Å². The molecular weight excluding hydrogens is 210 g/mol. The van der Waals surface area contributed by atoms with E-state index in [4.69, 9.17) is 0 Å². The van der Waals surface area contributed by atoms with E-state index in [2.05, 4.69) is 41.8 Å². The van der Waals surface area contributed by atoms with Crippen LogP contribution in [-0.2, 0) is 13.1 Å². The molecule has 0 spiro atoms. The molecule has 1 N–H and O–H groups in total. The van der Waals surface area contributed by atoms with Crippen LogP contribution in [0.2, 0.25) is 0 Å². The van der Waals surface area contributed by atoms with Crippen molar-refractivity contribution in [1.82, 2.24) is 14.9 Å². The Balaban J connectivity index is 1.80. The number of nitrogens with zero attached hydrogens (tertiary/aromatic N) is 2. The third-order valence-electron chi connectivity index (χ3n) is 4.03. The highest BCUT2D eigenvalue weighted by molar-refractivity contribution is 4.93. The van der Waals surface area contributed by atoms with Crippen LogP contribution in [0.25, 0.3) is 0 Å². The minimum absolute atomic E-state index is 0.556. The van der Waals surface area contributed by atoms with Gasteiger partial charge in [-0.1, -0.05) is 13.8 Å². The van der Waals surface area contributed by atoms with Gasteiger partial charge in [0.25, 0.3) is 0 Å². The summed E-state index contributed by atoms with van der Waals surface area (Å²) >= 11 is 0. The first-order chi connectivity index (χ1) is 8.11. The van der Waals surface area contributed by atoms with E-state index in [1.54, 1.807) is 0 Å². The van der Waals surface area contributed by atoms with Crippen LogP contribution in [0.15, 0.2) is 12.4 Å². The predicted octanol–water partition coefficient (Wildman–Crippen LogP) is 2.96. The van der Waals surface area contributed by atoms with Crippen LogP contribution in [0, 0.1) is 5.41 Å². The third-order valence-corrected chi connectivity index (χ3v) is 4.03. The average Bonchev–Trinajstić information content (AvgIpc) is 2.75. The summed E-state index contributed by atoms with van der Waals surface area (Å²) in [6.07, 6.45) is 9.24. The van der Waals surface area contributed by atoms with Gasteiger partial charge in [0.2, 0.25) is 0 Å². The number of imidazole rings is 1. The molecule has 0 bridgehead atoms. The fraction of sp³-hybridized carbons (Fsp3) is 0.786. The number of aromatic nitrogens is 2. The Morgan fingerprint density at radius 1 is 1.41 bits per heavy atom. The summed E-state index contributed by atoms with van der Waals surface area (Å²) in [5.74, 6) is 1.16. The largest absolute Gasteiger partial charge is 0.334 e. The van der Waals surface area contributed by atoms with Gasteiger partial charge in [0.15, 0.2) is 0 Å². The van der Waals surface area contributed by atoms with Gasteiger partial charge in [-0.25, -0.2) is 4.98 Å². The van der Waals surface area contributed by atoms with Gasteiger partial charge >= 0.3 is 0 Å². The maximum Gasteiger partial charge on any atom is 0.122 e. The number of rotatable bonds is 4. The molecule has 1 heterocycles. The number of aryl methyl sites for hydroxylation is 1. The van der Waals surface area contributed by atoms with E-state index in [1.807, 2.05) is 6.20 Å². The molecule has 1 aromatic heterocycles. The molecule has 0 unspecified atom stereocenters. The topological polar surface area (TPSA) is 29.9 Å². The van der Waals surface area contributed by atoms with E-state index < -0.39 is 0 Å². The Kier molecular flexibility index (Phi) is 3.87. The van der Waals surface area contributed by atoms with Crippen molar-refractivity contribution >= 4 is 0 Å². The van der Waals surface area contributed by atoms with Crippen LogP contribution in [0.3, 0.4) is 0 Å². The van der Waals surface area contributed by atoms with Gasteiger partial charge < -0.3 is 9.88 Å². The lowest BCUT2D eigenvalue weighted by atomic mass is 9.75. The van der Waals surface area contributed by atoms with E-state index in [1.165, 1.54) is 25.7 Å². The Bertz CT molecular complexity index is 344. The maximum atomic E-state index is 4.40. The molecule has 17 heavy (non-hydrogen) atoms. The minimum Gasteiger partial charge on any atom is -0.334 e. The predicted molar refractivity (Wildman–Crippen MR) is 70.8 cm³/mol. The molecule has 1 fully saturated rings. The van der Waals surface area contributed by atoms with Gasteiger partial charge in [0, 0.05) is 25.0 Å². The normalized spacial score (nSPS) is 20.6. The molecule has 3 nitrogen and oxygen atoms in total. The fourth-order valence-electron chi connectivity index (χ4n) is 2.63. The molecule has 0 radical (unpaired) electrons. The van der Waals surface area contributed by atoms with Gasteiger partial charge in [-0.15, -0.1) is 0 Å². The zero-order valence-electron chi connectivity index (χ0n) is 11.4. The molecule has 1 aliphatic rings. The maximum absolute atomic E-state index is 4.40. The van der Waals surface area contributed by atoms with Crippen LogP contribution in [0.4, 0.5) is 0 Å². The minimum atomic E-state index is 0.556. The van der Waals surface area contributed by atoms with Crippen molar-refractivity contribution in [3.63, 3.8) is 0 Å². The van der Waals surface area contributed by atoms with Crippen molar-refractivity contribution < 1.29 is 0 Å². The van der Waals surface area contributed by atoms with Crippen LogP contribution >= 0.6 is 0 Å². The SMILES string of the molecule is CCn1ccnc1CNC1CCC(C)(C)CC1. The molecule has 3 heteroatoms. The van der Waals surface area contributed by atoms with Gasteiger partial charge in [-0.3, -0.25) is 0 Å². The van der Waals surface area contributed by atoms with E-state index >= 15 is 0 Å². The van der Waals surface area contributed by atoms with Gasteiger partial charge in [-0.2, -0.15) is 0 Å². The summed E-state index contributed by atoms with van der Waals surface area (Å²) in [7, 11) is 0. The van der Waals surface area contributed by atoms with Crippen LogP contribution in [-0.4, -0.2) is 15.6 Å². The van der Waals surface area contributed by atoms with Crippen molar-refractivity contribution in [3.05, 3.63) is 18.2 Å². The quantitative estimate of drug-likeness (QED) is 0.869. The molecule has 96 valence electrons. The second-order valence-corrected chi connectivity index (χ2v) is 5.95. The highest BCUT2D eigenvalue weighted by atomic mass is 15.1. The first-order valence-corrected chi connectivity index (χ1v) is 6.84. The lowest BCUT2D eigenvalue weighted by Crippen LogP contribution is -2.35. The summed E-state index contributed by atoms with van der Waals surface area (Å²) in [5, 5.41) is 3.65. The molecule has 1 aromatic rings. The monoisotopic (exact) mass is 235 g/mol. The molecule has 0 aliphatic heterocycles. The van der Waals surface area contributed by atoms with Crippen molar-refractivity contribution in [1.29, 1.82) is 0 Å². The second-order valence-electron chi connectivity index (χ2n) is 5.95. The fourth-order valence-corrected chi connectivity index (χ4v) is 2.63. The number of hydrogen-bond acceptors (Lipinski definition) is 2. The number of hydrogen-bond donors (Lipinski definition) is 1. The van der Waals surface area contributed by atoms with E-state index in [9.17, 15) is 0 Å². The molecular formula is C14H25N3.